The predicted molar refractivity (Wildman–Crippen MR) is 115 cm³/mol. The molecule has 0 heterocycles. The van der Waals surface area contributed by atoms with E-state index in [4.69, 9.17) is 4.74 Å². The van der Waals surface area contributed by atoms with Crippen molar-refractivity contribution >= 4 is 13.9 Å². The topological polar surface area (TPSA) is 26.3 Å². The first-order valence-electron chi connectivity index (χ1n) is 11.4. The first-order valence-corrected chi connectivity index (χ1v) is 13.8. The highest BCUT2D eigenvalue weighted by Gasteiger charge is 2.54. The summed E-state index contributed by atoms with van der Waals surface area (Å²) < 4.78 is 6.01. The number of hydrogen-bond donors (Lipinski definition) is 0. The minimum absolute atomic E-state index is 0.0111. The minimum atomic E-state index is -1.51. The summed E-state index contributed by atoms with van der Waals surface area (Å²) in [6.07, 6.45) is 8.08. The Bertz CT molecular complexity index is 441. The molecule has 0 bridgehead atoms. The second-order valence-corrected chi connectivity index (χ2v) is 16.2. The predicted octanol–water partition coefficient (Wildman–Crippen LogP) is 7.00. The largest absolute Gasteiger partial charge is 0.378 e. The normalized spacial score (nSPS) is 27.1. The van der Waals surface area contributed by atoms with Crippen LogP contribution in [0, 0.1) is 11.3 Å². The molecule has 0 aliphatic heterocycles. The minimum Gasteiger partial charge on any atom is -0.378 e. The Morgan fingerprint density at radius 3 is 2.00 bits per heavy atom. The molecule has 2 aliphatic rings. The highest BCUT2D eigenvalue weighted by Crippen LogP contribution is 2.56. The monoisotopic (exact) mass is 380 g/mol. The Labute approximate surface area is 163 Å². The number of carbonyl (C=O) groups is 1. The summed E-state index contributed by atoms with van der Waals surface area (Å²) in [5.74, 6) is 1.10. The third kappa shape index (κ3) is 3.99. The maximum Gasteiger partial charge on any atom is 0.141 e. The molecular weight excluding hydrogens is 336 g/mol. The van der Waals surface area contributed by atoms with Crippen LogP contribution in [-0.2, 0) is 9.53 Å². The second-order valence-electron chi connectivity index (χ2n) is 10.1. The van der Waals surface area contributed by atoms with E-state index < -0.39 is 8.07 Å². The fraction of sp³-hybridized carbons (Fsp3) is 0.957. The molecule has 2 nitrogen and oxygen atoms in total. The molecule has 0 N–H and O–H groups in total. The van der Waals surface area contributed by atoms with Crippen LogP contribution in [0.5, 0.6) is 0 Å². The zero-order valence-corrected chi connectivity index (χ0v) is 19.6. The summed E-state index contributed by atoms with van der Waals surface area (Å²) in [5, 5.41) is 0. The molecule has 2 rings (SSSR count). The molecule has 3 heteroatoms. The molecule has 2 aliphatic carbocycles. The number of carbonyl (C=O) groups excluding carboxylic acids is 1. The number of Topliss-reactive ketones (excluding diaryl/α,β-unsaturated/α-hetero) is 1. The highest BCUT2D eigenvalue weighted by atomic mass is 28.3. The fourth-order valence-corrected chi connectivity index (χ4v) is 13.7. The van der Waals surface area contributed by atoms with Gasteiger partial charge >= 0.3 is 0 Å². The van der Waals surface area contributed by atoms with Crippen LogP contribution < -0.4 is 0 Å². The average molecular weight is 381 g/mol. The fourth-order valence-electron chi connectivity index (χ4n) is 6.91. The molecule has 2 saturated carbocycles. The van der Waals surface area contributed by atoms with E-state index in [0.29, 0.717) is 18.1 Å². The van der Waals surface area contributed by atoms with Crippen molar-refractivity contribution in [1.82, 2.24) is 0 Å². The lowest BCUT2D eigenvalue weighted by Crippen LogP contribution is -2.54. The molecule has 0 aromatic carbocycles. The van der Waals surface area contributed by atoms with Crippen molar-refractivity contribution in [2.75, 3.05) is 6.61 Å². The summed E-state index contributed by atoms with van der Waals surface area (Å²) in [4.78, 5) is 13.4. The van der Waals surface area contributed by atoms with Gasteiger partial charge in [-0.1, -0.05) is 83.5 Å². The third-order valence-electron chi connectivity index (χ3n) is 8.27. The van der Waals surface area contributed by atoms with E-state index in [1.807, 2.05) is 0 Å². The van der Waals surface area contributed by atoms with Crippen molar-refractivity contribution in [2.24, 2.45) is 11.3 Å². The number of ketones is 1. The van der Waals surface area contributed by atoms with Gasteiger partial charge in [0.1, 0.15) is 5.78 Å². The van der Waals surface area contributed by atoms with E-state index in [1.54, 1.807) is 0 Å². The van der Waals surface area contributed by atoms with E-state index in [-0.39, 0.29) is 11.5 Å². The molecule has 0 radical (unpaired) electrons. The van der Waals surface area contributed by atoms with Gasteiger partial charge in [-0.15, -0.1) is 0 Å². The van der Waals surface area contributed by atoms with Gasteiger partial charge in [-0.05, 0) is 32.1 Å². The molecule has 2 fully saturated rings. The van der Waals surface area contributed by atoms with Gasteiger partial charge in [-0.25, -0.2) is 0 Å². The lowest BCUT2D eigenvalue weighted by atomic mass is 9.58. The van der Waals surface area contributed by atoms with Gasteiger partial charge in [0.25, 0.3) is 0 Å². The summed E-state index contributed by atoms with van der Waals surface area (Å²) in [6, 6.07) is 1.33. The number of rotatable bonds is 7. The van der Waals surface area contributed by atoms with E-state index >= 15 is 0 Å². The summed E-state index contributed by atoms with van der Waals surface area (Å²) in [7, 11) is -1.51. The zero-order chi connectivity index (χ0) is 19.5. The molecule has 2 atom stereocenters. The lowest BCUT2D eigenvalue weighted by molar-refractivity contribution is -0.144. The van der Waals surface area contributed by atoms with Crippen LogP contribution in [0.3, 0.4) is 0 Å². The van der Waals surface area contributed by atoms with Gasteiger partial charge in [0.2, 0.25) is 0 Å². The van der Waals surface area contributed by atoms with E-state index in [2.05, 4.69) is 48.5 Å². The van der Waals surface area contributed by atoms with Crippen molar-refractivity contribution in [2.45, 2.75) is 122 Å². The van der Waals surface area contributed by atoms with Crippen LogP contribution in [-0.4, -0.2) is 26.6 Å². The molecule has 152 valence electrons. The molecule has 26 heavy (non-hydrogen) atoms. The third-order valence-corrected chi connectivity index (χ3v) is 15.9. The first kappa shape index (κ1) is 22.1. The van der Waals surface area contributed by atoms with Gasteiger partial charge in [-0.3, -0.25) is 4.79 Å². The Balaban J connectivity index is 2.39. The zero-order valence-electron chi connectivity index (χ0n) is 18.6. The van der Waals surface area contributed by atoms with Crippen molar-refractivity contribution in [1.29, 1.82) is 0 Å². The first-order chi connectivity index (χ1) is 12.2. The van der Waals surface area contributed by atoms with Gasteiger partial charge < -0.3 is 4.74 Å². The van der Waals surface area contributed by atoms with E-state index in [1.165, 1.54) is 25.3 Å². The summed E-state index contributed by atoms with van der Waals surface area (Å²) in [5.41, 5.74) is 2.30. The van der Waals surface area contributed by atoms with Crippen molar-refractivity contribution in [3.8, 4) is 0 Å². The molecule has 2 unspecified atom stereocenters. The van der Waals surface area contributed by atoms with Gasteiger partial charge in [-0.2, -0.15) is 0 Å². The van der Waals surface area contributed by atoms with Gasteiger partial charge in [0.15, 0.2) is 0 Å². The Morgan fingerprint density at radius 1 is 1.00 bits per heavy atom. The molecule has 1 spiro atoms. The Morgan fingerprint density at radius 2 is 1.54 bits per heavy atom. The standard InChI is InChI=1S/C23H44O2Si/c1-8-25-21-14-20(16-26(17(2)3,18(4)5)19(6)7)23(22(24)15-21)12-10-9-11-13-23/h17-21H,8-16H2,1-7H3. The molecule has 0 aromatic rings. The van der Waals surface area contributed by atoms with Crippen molar-refractivity contribution in [3.05, 3.63) is 0 Å². The van der Waals surface area contributed by atoms with Crippen molar-refractivity contribution < 1.29 is 9.53 Å². The maximum absolute atomic E-state index is 13.4. The smallest absolute Gasteiger partial charge is 0.141 e. The van der Waals surface area contributed by atoms with Crippen LogP contribution in [0.1, 0.15) is 93.4 Å². The van der Waals surface area contributed by atoms with Crippen molar-refractivity contribution in [3.63, 3.8) is 0 Å². The van der Waals surface area contributed by atoms with Crippen LogP contribution >= 0.6 is 0 Å². The van der Waals surface area contributed by atoms with Gasteiger partial charge in [0, 0.05) is 18.4 Å². The average Bonchev–Trinajstić information content (AvgIpc) is 2.57. The van der Waals surface area contributed by atoms with Crippen LogP contribution in [0.15, 0.2) is 0 Å². The van der Waals surface area contributed by atoms with Gasteiger partial charge in [0.05, 0.1) is 14.2 Å². The number of ether oxygens (including phenoxy) is 1. The quantitative estimate of drug-likeness (QED) is 0.444. The Hall–Kier alpha value is -0.153. The second kappa shape index (κ2) is 8.90. The van der Waals surface area contributed by atoms with E-state index in [9.17, 15) is 4.79 Å². The molecular formula is C23H44O2Si. The SMILES string of the molecule is CCOC1CC(=O)C2(CCCCC2)C(C[Si](C(C)C)(C(C)C)C(C)C)C1. The summed E-state index contributed by atoms with van der Waals surface area (Å²) in [6.45, 7) is 17.6. The van der Waals surface area contributed by atoms with Crippen LogP contribution in [0.2, 0.25) is 22.7 Å². The number of hydrogen-bond acceptors (Lipinski definition) is 2. The highest BCUT2D eigenvalue weighted by molar-refractivity contribution is 6.83. The lowest BCUT2D eigenvalue weighted by Gasteiger charge is -2.53. The molecule has 0 amide bonds. The maximum atomic E-state index is 13.4. The van der Waals surface area contributed by atoms with E-state index in [0.717, 1.165) is 42.5 Å². The molecule has 0 aromatic heterocycles. The van der Waals surface area contributed by atoms with Crippen LogP contribution in [0.4, 0.5) is 0 Å². The molecule has 0 saturated heterocycles. The summed E-state index contributed by atoms with van der Waals surface area (Å²) >= 11 is 0. The Kier molecular flexibility index (Phi) is 7.58. The van der Waals surface area contributed by atoms with Crippen LogP contribution in [0.25, 0.3) is 0 Å².